The zero-order valence-electron chi connectivity index (χ0n) is 20.8. The number of aliphatic hydroxyl groups is 1. The van der Waals surface area contributed by atoms with Crippen molar-refractivity contribution in [2.24, 2.45) is 0 Å². The van der Waals surface area contributed by atoms with Gasteiger partial charge in [-0.05, 0) is 48.7 Å². The van der Waals surface area contributed by atoms with Crippen molar-refractivity contribution in [3.8, 4) is 17.2 Å². The van der Waals surface area contributed by atoms with Crippen LogP contribution < -0.4 is 19.1 Å². The van der Waals surface area contributed by atoms with E-state index in [0.717, 1.165) is 12.0 Å². The monoisotopic (exact) mass is 487 g/mol. The summed E-state index contributed by atoms with van der Waals surface area (Å²) in [6, 6.07) is 18.6. The summed E-state index contributed by atoms with van der Waals surface area (Å²) in [6.45, 7) is 4.44. The molecule has 1 fully saturated rings. The molecule has 4 rings (SSSR count). The highest BCUT2D eigenvalue weighted by Gasteiger charge is 2.47. The number of ether oxygens (including phenoxy) is 3. The second-order valence-electron chi connectivity index (χ2n) is 8.29. The van der Waals surface area contributed by atoms with Gasteiger partial charge in [-0.3, -0.25) is 14.5 Å². The average Bonchev–Trinajstić information content (AvgIpc) is 3.18. The lowest BCUT2D eigenvalue weighted by Crippen LogP contribution is -2.29. The van der Waals surface area contributed by atoms with E-state index in [0.29, 0.717) is 40.7 Å². The second-order valence-corrected chi connectivity index (χ2v) is 8.29. The minimum atomic E-state index is -0.848. The fraction of sp³-hybridized carbons (Fsp3) is 0.241. The summed E-state index contributed by atoms with van der Waals surface area (Å²) >= 11 is 0. The predicted octanol–water partition coefficient (Wildman–Crippen LogP) is 5.29. The first-order valence-electron chi connectivity index (χ1n) is 11.8. The Balaban J connectivity index is 1.91. The van der Waals surface area contributed by atoms with Crippen LogP contribution in [0.1, 0.15) is 36.6 Å². The molecule has 0 spiro atoms. The lowest BCUT2D eigenvalue weighted by atomic mass is 9.94. The Morgan fingerprint density at radius 1 is 0.861 bits per heavy atom. The molecule has 3 aromatic carbocycles. The number of carbonyl (C=O) groups is 2. The fourth-order valence-corrected chi connectivity index (χ4v) is 4.31. The van der Waals surface area contributed by atoms with Gasteiger partial charge in [-0.2, -0.15) is 0 Å². The van der Waals surface area contributed by atoms with Crippen LogP contribution in [0, 0.1) is 0 Å². The van der Waals surface area contributed by atoms with Crippen molar-refractivity contribution in [2.45, 2.75) is 26.3 Å². The fourth-order valence-electron chi connectivity index (χ4n) is 4.31. The van der Waals surface area contributed by atoms with Crippen LogP contribution in [0.25, 0.3) is 5.76 Å². The van der Waals surface area contributed by atoms with Crippen molar-refractivity contribution in [1.29, 1.82) is 0 Å². The number of anilines is 1. The van der Waals surface area contributed by atoms with Crippen molar-refractivity contribution in [3.05, 3.63) is 89.0 Å². The number of aryl methyl sites for hydroxylation is 1. The van der Waals surface area contributed by atoms with Crippen molar-refractivity contribution >= 4 is 23.1 Å². The van der Waals surface area contributed by atoms with Gasteiger partial charge in [0.2, 0.25) is 0 Å². The number of hydrogen-bond donors (Lipinski definition) is 1. The van der Waals surface area contributed by atoms with Gasteiger partial charge in [0.25, 0.3) is 11.7 Å². The Hall–Kier alpha value is -4.26. The maximum Gasteiger partial charge on any atom is 0.300 e. The number of ketones is 1. The topological polar surface area (TPSA) is 85.3 Å². The van der Waals surface area contributed by atoms with Gasteiger partial charge in [-0.25, -0.2) is 0 Å². The number of amides is 1. The van der Waals surface area contributed by atoms with Crippen molar-refractivity contribution in [3.63, 3.8) is 0 Å². The normalized spacial score (nSPS) is 16.8. The van der Waals surface area contributed by atoms with Crippen LogP contribution in [-0.2, 0) is 16.0 Å². The molecule has 1 aliphatic heterocycles. The zero-order chi connectivity index (χ0) is 25.8. The summed E-state index contributed by atoms with van der Waals surface area (Å²) in [4.78, 5) is 28.2. The van der Waals surface area contributed by atoms with Crippen LogP contribution in [0.3, 0.4) is 0 Å². The molecule has 7 heteroatoms. The minimum absolute atomic E-state index is 0.00944. The van der Waals surface area contributed by atoms with Gasteiger partial charge in [-0.15, -0.1) is 0 Å². The van der Waals surface area contributed by atoms with Gasteiger partial charge >= 0.3 is 0 Å². The van der Waals surface area contributed by atoms with Gasteiger partial charge in [0.05, 0.1) is 38.1 Å². The van der Waals surface area contributed by atoms with E-state index < -0.39 is 17.7 Å². The van der Waals surface area contributed by atoms with Crippen LogP contribution in [0.4, 0.5) is 5.69 Å². The quantitative estimate of drug-likeness (QED) is 0.264. The van der Waals surface area contributed by atoms with E-state index in [4.69, 9.17) is 14.2 Å². The standard InChI is InChI=1S/C29H29NO6/c1-5-18-7-9-19(10-8-18)26-25(27(31)20-11-13-22(14-12-20)36-6-2)28(32)29(33)30(26)21-15-23(34-3)17-24(16-21)35-4/h7-17,26,31H,5-6H2,1-4H3/b27-25+. The Morgan fingerprint density at radius 3 is 2.00 bits per heavy atom. The summed E-state index contributed by atoms with van der Waals surface area (Å²) < 4.78 is 16.3. The number of hydrogen-bond acceptors (Lipinski definition) is 6. The molecule has 1 unspecified atom stereocenters. The Bertz CT molecular complexity index is 1270. The second kappa shape index (κ2) is 10.6. The van der Waals surface area contributed by atoms with E-state index in [1.54, 1.807) is 42.5 Å². The Morgan fingerprint density at radius 2 is 1.47 bits per heavy atom. The molecule has 0 radical (unpaired) electrons. The maximum atomic E-state index is 13.4. The van der Waals surface area contributed by atoms with Crippen LogP contribution in [0.15, 0.2) is 72.3 Å². The zero-order valence-corrected chi connectivity index (χ0v) is 20.8. The van der Waals surface area contributed by atoms with E-state index in [-0.39, 0.29) is 11.3 Å². The van der Waals surface area contributed by atoms with E-state index in [2.05, 4.69) is 6.92 Å². The molecular weight excluding hydrogens is 458 g/mol. The van der Waals surface area contributed by atoms with Gasteiger partial charge in [-0.1, -0.05) is 31.2 Å². The number of methoxy groups -OCH3 is 2. The molecule has 7 nitrogen and oxygen atoms in total. The predicted molar refractivity (Wildman–Crippen MR) is 138 cm³/mol. The lowest BCUT2D eigenvalue weighted by molar-refractivity contribution is -0.132. The molecule has 1 aliphatic rings. The van der Waals surface area contributed by atoms with Crippen LogP contribution in [-0.4, -0.2) is 37.6 Å². The molecule has 1 saturated heterocycles. The van der Waals surface area contributed by atoms with E-state index in [1.807, 2.05) is 31.2 Å². The van der Waals surface area contributed by atoms with Crippen LogP contribution in [0.2, 0.25) is 0 Å². The molecule has 186 valence electrons. The first kappa shape index (κ1) is 24.9. The first-order valence-corrected chi connectivity index (χ1v) is 11.8. The highest BCUT2D eigenvalue weighted by atomic mass is 16.5. The SMILES string of the molecule is CCOc1ccc(/C(O)=C2\C(=O)C(=O)N(c3cc(OC)cc(OC)c3)C2c2ccc(CC)cc2)cc1. The van der Waals surface area contributed by atoms with E-state index in [1.165, 1.54) is 19.1 Å². The number of aliphatic hydroxyl groups excluding tert-OH is 1. The lowest BCUT2D eigenvalue weighted by Gasteiger charge is -2.26. The summed E-state index contributed by atoms with van der Waals surface area (Å²) in [6.07, 6.45) is 0.847. The molecule has 1 amide bonds. The third-order valence-electron chi connectivity index (χ3n) is 6.20. The molecule has 1 N–H and O–H groups in total. The number of nitrogens with zero attached hydrogens (tertiary/aromatic N) is 1. The van der Waals surface area contributed by atoms with Gasteiger partial charge in [0.1, 0.15) is 23.0 Å². The summed E-state index contributed by atoms with van der Waals surface area (Å²) in [5.41, 5.74) is 2.65. The Kier molecular flexibility index (Phi) is 7.29. The number of Topliss-reactive ketones (excluding diaryl/α,β-unsaturated/α-hetero) is 1. The molecular formula is C29H29NO6. The smallest absolute Gasteiger partial charge is 0.300 e. The summed E-state index contributed by atoms with van der Waals surface area (Å²) in [7, 11) is 3.03. The molecule has 1 heterocycles. The highest BCUT2D eigenvalue weighted by Crippen LogP contribution is 2.44. The summed E-state index contributed by atoms with van der Waals surface area (Å²) in [5, 5.41) is 11.3. The van der Waals surface area contributed by atoms with Gasteiger partial charge in [0, 0.05) is 23.8 Å². The number of rotatable bonds is 8. The van der Waals surface area contributed by atoms with Crippen LogP contribution in [0.5, 0.6) is 17.2 Å². The molecule has 3 aromatic rings. The van der Waals surface area contributed by atoms with Crippen LogP contribution >= 0.6 is 0 Å². The van der Waals surface area contributed by atoms with Gasteiger partial charge < -0.3 is 19.3 Å². The van der Waals surface area contributed by atoms with Crippen molar-refractivity contribution in [2.75, 3.05) is 25.7 Å². The number of benzene rings is 3. The molecule has 36 heavy (non-hydrogen) atoms. The number of carbonyl (C=O) groups excluding carboxylic acids is 2. The molecule has 0 aromatic heterocycles. The van der Waals surface area contributed by atoms with E-state index in [9.17, 15) is 14.7 Å². The molecule has 1 atom stereocenters. The molecule has 0 bridgehead atoms. The van der Waals surface area contributed by atoms with Gasteiger partial charge in [0.15, 0.2) is 0 Å². The molecule has 0 aliphatic carbocycles. The summed E-state index contributed by atoms with van der Waals surface area (Å²) in [5.74, 6) is -0.186. The third-order valence-corrected chi connectivity index (χ3v) is 6.20. The Labute approximate surface area is 210 Å². The third kappa shape index (κ3) is 4.64. The average molecular weight is 488 g/mol. The largest absolute Gasteiger partial charge is 0.507 e. The van der Waals surface area contributed by atoms with Crippen molar-refractivity contribution < 1.29 is 28.9 Å². The first-order chi connectivity index (χ1) is 17.4. The van der Waals surface area contributed by atoms with E-state index >= 15 is 0 Å². The highest BCUT2D eigenvalue weighted by molar-refractivity contribution is 6.51. The maximum absolute atomic E-state index is 13.4. The van der Waals surface area contributed by atoms with Crippen molar-refractivity contribution in [1.82, 2.24) is 0 Å². The molecule has 0 saturated carbocycles. The minimum Gasteiger partial charge on any atom is -0.507 e.